The SMILES string of the molecule is O=C(c1c(F)cccc1Cl)n1c(O)csc1=Nc1ccc(Cl)cc1. The molecule has 0 amide bonds. The monoisotopic (exact) mass is 382 g/mol. The molecule has 0 saturated carbocycles. The van der Waals surface area contributed by atoms with Gasteiger partial charge in [-0.15, -0.1) is 11.3 Å². The average Bonchev–Trinajstić information content (AvgIpc) is 2.90. The summed E-state index contributed by atoms with van der Waals surface area (Å²) in [6.45, 7) is 0. The summed E-state index contributed by atoms with van der Waals surface area (Å²) in [6.07, 6.45) is 0. The van der Waals surface area contributed by atoms with Gasteiger partial charge in [-0.25, -0.2) is 13.9 Å². The third-order valence-electron chi connectivity index (χ3n) is 3.12. The number of aromatic hydroxyl groups is 1. The molecule has 1 aromatic heterocycles. The minimum atomic E-state index is -0.801. The Hall–Kier alpha value is -2.15. The largest absolute Gasteiger partial charge is 0.494 e. The Morgan fingerprint density at radius 3 is 2.54 bits per heavy atom. The van der Waals surface area contributed by atoms with Crippen molar-refractivity contribution in [2.45, 2.75) is 0 Å². The molecule has 3 aromatic rings. The smallest absolute Gasteiger partial charge is 0.271 e. The third-order valence-corrected chi connectivity index (χ3v) is 4.50. The molecule has 8 heteroatoms. The van der Waals surface area contributed by atoms with E-state index in [4.69, 9.17) is 23.2 Å². The maximum absolute atomic E-state index is 14.0. The number of rotatable bonds is 2. The van der Waals surface area contributed by atoms with E-state index >= 15 is 0 Å². The fourth-order valence-electron chi connectivity index (χ4n) is 2.02. The molecule has 1 N–H and O–H groups in total. The van der Waals surface area contributed by atoms with Gasteiger partial charge in [0, 0.05) is 5.02 Å². The standard InChI is InChI=1S/C16H9Cl2FN2O2S/c17-9-4-6-10(7-5-9)20-16-21(13(22)8-24-16)15(23)14-11(18)2-1-3-12(14)19/h1-8,22H. The molecule has 24 heavy (non-hydrogen) atoms. The van der Waals surface area contributed by atoms with Gasteiger partial charge in [-0.1, -0.05) is 29.3 Å². The summed E-state index contributed by atoms with van der Waals surface area (Å²) in [5, 5.41) is 11.8. The molecule has 1 heterocycles. The van der Waals surface area contributed by atoms with Gasteiger partial charge in [-0.05, 0) is 36.4 Å². The number of nitrogens with zero attached hydrogens (tertiary/aromatic N) is 2. The Labute approximate surface area is 150 Å². The van der Waals surface area contributed by atoms with Crippen LogP contribution in [0.2, 0.25) is 10.0 Å². The van der Waals surface area contributed by atoms with Gasteiger partial charge in [0.1, 0.15) is 5.82 Å². The van der Waals surface area contributed by atoms with Gasteiger partial charge >= 0.3 is 0 Å². The van der Waals surface area contributed by atoms with E-state index in [-0.39, 0.29) is 21.3 Å². The average molecular weight is 383 g/mol. The molecule has 0 aliphatic carbocycles. The number of hydrogen-bond acceptors (Lipinski definition) is 4. The van der Waals surface area contributed by atoms with Gasteiger partial charge in [-0.3, -0.25) is 4.79 Å². The molecular formula is C16H9Cl2FN2O2S. The molecule has 0 spiro atoms. The minimum Gasteiger partial charge on any atom is -0.494 e. The molecule has 4 nitrogen and oxygen atoms in total. The molecule has 2 aromatic carbocycles. The molecule has 0 aliphatic rings. The first kappa shape index (κ1) is 16.7. The fourth-order valence-corrected chi connectivity index (χ4v) is 3.14. The van der Waals surface area contributed by atoms with Crippen molar-refractivity contribution in [3.05, 3.63) is 74.1 Å². The topological polar surface area (TPSA) is 54.6 Å². The Bertz CT molecular complexity index is 960. The van der Waals surface area contributed by atoms with Crippen LogP contribution in [0.5, 0.6) is 5.88 Å². The van der Waals surface area contributed by atoms with Crippen LogP contribution in [0.1, 0.15) is 10.4 Å². The van der Waals surface area contributed by atoms with E-state index in [0.29, 0.717) is 10.7 Å². The van der Waals surface area contributed by atoms with Crippen LogP contribution in [0.15, 0.2) is 52.8 Å². The normalized spacial score (nSPS) is 11.7. The summed E-state index contributed by atoms with van der Waals surface area (Å²) < 4.78 is 14.9. The van der Waals surface area contributed by atoms with E-state index in [0.717, 1.165) is 22.0 Å². The lowest BCUT2D eigenvalue weighted by atomic mass is 10.2. The van der Waals surface area contributed by atoms with Crippen molar-refractivity contribution >= 4 is 46.1 Å². The molecule has 0 saturated heterocycles. The zero-order chi connectivity index (χ0) is 17.3. The summed E-state index contributed by atoms with van der Waals surface area (Å²) >= 11 is 12.8. The summed E-state index contributed by atoms with van der Waals surface area (Å²) in [7, 11) is 0. The first-order chi connectivity index (χ1) is 11.5. The van der Waals surface area contributed by atoms with Gasteiger partial charge in [0.25, 0.3) is 5.91 Å². The molecular weight excluding hydrogens is 374 g/mol. The zero-order valence-corrected chi connectivity index (χ0v) is 14.2. The quantitative estimate of drug-likeness (QED) is 0.702. The number of carbonyl (C=O) groups is 1. The van der Waals surface area contributed by atoms with Gasteiger partial charge in [0.05, 0.1) is 21.7 Å². The number of hydrogen-bond donors (Lipinski definition) is 1. The highest BCUT2D eigenvalue weighted by molar-refractivity contribution is 7.07. The van der Waals surface area contributed by atoms with Crippen molar-refractivity contribution in [1.29, 1.82) is 0 Å². The second kappa shape index (κ2) is 6.76. The summed E-state index contributed by atoms with van der Waals surface area (Å²) in [5.41, 5.74) is 0.202. The van der Waals surface area contributed by atoms with Gasteiger partial charge in [0.2, 0.25) is 5.88 Å². The van der Waals surface area contributed by atoms with E-state index in [1.807, 2.05) is 0 Å². The van der Waals surface area contributed by atoms with Crippen molar-refractivity contribution in [2.75, 3.05) is 0 Å². The van der Waals surface area contributed by atoms with E-state index in [2.05, 4.69) is 4.99 Å². The second-order valence-corrected chi connectivity index (χ2v) is 6.38. The number of halogens is 3. The first-order valence-corrected chi connectivity index (χ1v) is 8.29. The van der Waals surface area contributed by atoms with Crippen LogP contribution in [0, 0.1) is 5.82 Å². The van der Waals surface area contributed by atoms with E-state index in [1.165, 1.54) is 17.5 Å². The van der Waals surface area contributed by atoms with E-state index in [1.54, 1.807) is 24.3 Å². The van der Waals surface area contributed by atoms with E-state index < -0.39 is 11.7 Å². The summed E-state index contributed by atoms with van der Waals surface area (Å²) in [4.78, 5) is 17.1. The number of aromatic nitrogens is 1. The number of carbonyl (C=O) groups excluding carboxylic acids is 1. The highest BCUT2D eigenvalue weighted by Gasteiger charge is 2.21. The summed E-state index contributed by atoms with van der Waals surface area (Å²) in [6, 6.07) is 10.5. The van der Waals surface area contributed by atoms with Crippen LogP contribution in [0.3, 0.4) is 0 Å². The zero-order valence-electron chi connectivity index (χ0n) is 11.9. The Morgan fingerprint density at radius 2 is 1.88 bits per heavy atom. The lowest BCUT2D eigenvalue weighted by Gasteiger charge is -2.06. The Kier molecular flexibility index (Phi) is 4.71. The fraction of sp³-hybridized carbons (Fsp3) is 0. The third kappa shape index (κ3) is 3.21. The highest BCUT2D eigenvalue weighted by atomic mass is 35.5. The lowest BCUT2D eigenvalue weighted by molar-refractivity contribution is 0.0944. The minimum absolute atomic E-state index is 0.0458. The maximum Gasteiger partial charge on any atom is 0.271 e. The van der Waals surface area contributed by atoms with Crippen LogP contribution in [0.25, 0.3) is 0 Å². The van der Waals surface area contributed by atoms with Crippen molar-refractivity contribution in [2.24, 2.45) is 4.99 Å². The molecule has 122 valence electrons. The maximum atomic E-state index is 14.0. The van der Waals surface area contributed by atoms with Crippen LogP contribution in [-0.4, -0.2) is 15.6 Å². The van der Waals surface area contributed by atoms with Crippen molar-refractivity contribution < 1.29 is 14.3 Å². The highest BCUT2D eigenvalue weighted by Crippen LogP contribution is 2.23. The molecule has 0 fully saturated rings. The molecule has 0 unspecified atom stereocenters. The molecule has 0 radical (unpaired) electrons. The predicted molar refractivity (Wildman–Crippen MR) is 91.8 cm³/mol. The number of benzene rings is 2. The first-order valence-electron chi connectivity index (χ1n) is 6.66. The van der Waals surface area contributed by atoms with Crippen molar-refractivity contribution in [3.8, 4) is 5.88 Å². The Morgan fingerprint density at radius 1 is 1.17 bits per heavy atom. The summed E-state index contributed by atoms with van der Waals surface area (Å²) in [5.74, 6) is -1.93. The van der Waals surface area contributed by atoms with Crippen molar-refractivity contribution in [3.63, 3.8) is 0 Å². The van der Waals surface area contributed by atoms with Gasteiger partial charge < -0.3 is 5.11 Å². The van der Waals surface area contributed by atoms with Crippen LogP contribution in [0.4, 0.5) is 10.1 Å². The van der Waals surface area contributed by atoms with Crippen LogP contribution in [-0.2, 0) is 0 Å². The Balaban J connectivity index is 2.14. The second-order valence-electron chi connectivity index (χ2n) is 4.70. The predicted octanol–water partition coefficient (Wildman–Crippen LogP) is 4.62. The molecule has 0 atom stereocenters. The van der Waals surface area contributed by atoms with Gasteiger partial charge in [0.15, 0.2) is 4.80 Å². The van der Waals surface area contributed by atoms with Crippen LogP contribution >= 0.6 is 34.5 Å². The van der Waals surface area contributed by atoms with E-state index in [9.17, 15) is 14.3 Å². The van der Waals surface area contributed by atoms with Crippen molar-refractivity contribution in [1.82, 2.24) is 4.57 Å². The molecule has 0 bridgehead atoms. The lowest BCUT2D eigenvalue weighted by Crippen LogP contribution is -2.24. The molecule has 0 aliphatic heterocycles. The molecule has 3 rings (SSSR count). The van der Waals surface area contributed by atoms with Crippen LogP contribution < -0.4 is 4.80 Å². The number of thiazole rings is 1. The van der Waals surface area contributed by atoms with Gasteiger partial charge in [-0.2, -0.15) is 0 Å².